The van der Waals surface area contributed by atoms with Gasteiger partial charge in [0, 0.05) is 31.2 Å². The fraction of sp³-hybridized carbons (Fsp3) is 1.00. The number of ether oxygens (including phenoxy) is 1. The van der Waals surface area contributed by atoms with Crippen LogP contribution in [0.25, 0.3) is 0 Å². The van der Waals surface area contributed by atoms with Crippen LogP contribution >= 0.6 is 0 Å². The molecular formula is C14H29NO2. The van der Waals surface area contributed by atoms with Crippen molar-refractivity contribution < 1.29 is 9.84 Å². The average Bonchev–Trinajstić information content (AvgIpc) is 2.33. The van der Waals surface area contributed by atoms with Crippen LogP contribution in [0.3, 0.4) is 0 Å². The van der Waals surface area contributed by atoms with E-state index in [-0.39, 0.29) is 0 Å². The Hall–Kier alpha value is -0.120. The monoisotopic (exact) mass is 243 g/mol. The second kappa shape index (κ2) is 6.72. The third-order valence-electron chi connectivity index (χ3n) is 4.67. The lowest BCUT2D eigenvalue weighted by molar-refractivity contribution is -0.126. The fourth-order valence-corrected chi connectivity index (χ4v) is 3.33. The maximum atomic E-state index is 8.85. The van der Waals surface area contributed by atoms with Gasteiger partial charge in [0.05, 0.1) is 6.10 Å². The molecule has 0 radical (unpaired) electrons. The van der Waals surface area contributed by atoms with Crippen molar-refractivity contribution in [3.05, 3.63) is 0 Å². The van der Waals surface area contributed by atoms with Gasteiger partial charge < -0.3 is 15.2 Å². The van der Waals surface area contributed by atoms with E-state index in [1.807, 2.05) is 7.11 Å². The topological polar surface area (TPSA) is 41.5 Å². The molecule has 1 saturated carbocycles. The smallest absolute Gasteiger partial charge is 0.0657 e. The molecule has 0 spiro atoms. The minimum atomic E-state index is 0.296. The lowest BCUT2D eigenvalue weighted by Crippen LogP contribution is -2.64. The number of nitrogens with one attached hydrogen (secondary N) is 1. The first-order valence-corrected chi connectivity index (χ1v) is 7.04. The van der Waals surface area contributed by atoms with Crippen molar-refractivity contribution >= 4 is 0 Å². The third kappa shape index (κ3) is 3.01. The number of hydrogen-bond donors (Lipinski definition) is 2. The first kappa shape index (κ1) is 14.9. The normalized spacial score (nSPS) is 28.8. The molecule has 3 nitrogen and oxygen atoms in total. The molecule has 1 aliphatic carbocycles. The largest absolute Gasteiger partial charge is 0.396 e. The standard InChI is InChI=1S/C14H29NO2/c1-5-14(6-2)12(10-13(14)17-4)15-11(3)8-7-9-16/h11-13,15-16H,5-10H2,1-4H3. The van der Waals surface area contributed by atoms with Crippen LogP contribution in [0.2, 0.25) is 0 Å². The molecule has 0 aromatic heterocycles. The molecule has 0 amide bonds. The summed E-state index contributed by atoms with van der Waals surface area (Å²) in [6.07, 6.45) is 5.83. The van der Waals surface area contributed by atoms with E-state index in [1.165, 1.54) is 12.8 Å². The van der Waals surface area contributed by atoms with Crippen molar-refractivity contribution in [3.8, 4) is 0 Å². The lowest BCUT2D eigenvalue weighted by atomic mass is 9.58. The van der Waals surface area contributed by atoms with Gasteiger partial charge in [0.2, 0.25) is 0 Å². The van der Waals surface area contributed by atoms with Gasteiger partial charge in [0.15, 0.2) is 0 Å². The molecule has 1 fully saturated rings. The van der Waals surface area contributed by atoms with E-state index in [0.717, 1.165) is 19.3 Å². The molecule has 0 aliphatic heterocycles. The van der Waals surface area contributed by atoms with Crippen LogP contribution in [0, 0.1) is 5.41 Å². The second-order valence-corrected chi connectivity index (χ2v) is 5.39. The van der Waals surface area contributed by atoms with Crippen molar-refractivity contribution in [3.63, 3.8) is 0 Å². The molecular weight excluding hydrogens is 214 g/mol. The molecule has 17 heavy (non-hydrogen) atoms. The van der Waals surface area contributed by atoms with Crippen molar-refractivity contribution in [1.29, 1.82) is 0 Å². The number of methoxy groups -OCH3 is 1. The van der Waals surface area contributed by atoms with Gasteiger partial charge in [-0.25, -0.2) is 0 Å². The zero-order valence-electron chi connectivity index (χ0n) is 11.8. The highest BCUT2D eigenvalue weighted by Gasteiger charge is 2.52. The van der Waals surface area contributed by atoms with Crippen molar-refractivity contribution in [1.82, 2.24) is 5.32 Å². The molecule has 2 N–H and O–H groups in total. The molecule has 3 heteroatoms. The van der Waals surface area contributed by atoms with Gasteiger partial charge in [-0.15, -0.1) is 0 Å². The first-order chi connectivity index (χ1) is 8.14. The van der Waals surface area contributed by atoms with Crippen LogP contribution in [-0.2, 0) is 4.74 Å². The zero-order chi connectivity index (χ0) is 12.9. The minimum Gasteiger partial charge on any atom is -0.396 e. The van der Waals surface area contributed by atoms with Gasteiger partial charge in [0.25, 0.3) is 0 Å². The molecule has 3 atom stereocenters. The molecule has 102 valence electrons. The minimum absolute atomic E-state index is 0.296. The Morgan fingerprint density at radius 2 is 2.06 bits per heavy atom. The Balaban J connectivity index is 2.49. The fourth-order valence-electron chi connectivity index (χ4n) is 3.33. The van der Waals surface area contributed by atoms with E-state index >= 15 is 0 Å². The first-order valence-electron chi connectivity index (χ1n) is 7.04. The number of rotatable bonds is 8. The maximum absolute atomic E-state index is 8.85. The Bertz CT molecular complexity index is 216. The Morgan fingerprint density at radius 1 is 1.41 bits per heavy atom. The summed E-state index contributed by atoms with van der Waals surface area (Å²) in [5.41, 5.74) is 0.322. The van der Waals surface area contributed by atoms with Crippen LogP contribution < -0.4 is 5.32 Å². The van der Waals surface area contributed by atoms with Crippen molar-refractivity contribution in [2.75, 3.05) is 13.7 Å². The summed E-state index contributed by atoms with van der Waals surface area (Å²) in [4.78, 5) is 0. The Kier molecular flexibility index (Phi) is 5.90. The molecule has 1 aliphatic rings. The van der Waals surface area contributed by atoms with Gasteiger partial charge >= 0.3 is 0 Å². The van der Waals surface area contributed by atoms with Crippen LogP contribution in [0.5, 0.6) is 0 Å². The molecule has 0 saturated heterocycles. The van der Waals surface area contributed by atoms with E-state index in [9.17, 15) is 0 Å². The third-order valence-corrected chi connectivity index (χ3v) is 4.67. The van der Waals surface area contributed by atoms with Gasteiger partial charge in [-0.2, -0.15) is 0 Å². The van der Waals surface area contributed by atoms with E-state index < -0.39 is 0 Å². The van der Waals surface area contributed by atoms with Crippen LogP contribution in [0.4, 0.5) is 0 Å². The second-order valence-electron chi connectivity index (χ2n) is 5.39. The zero-order valence-corrected chi connectivity index (χ0v) is 11.8. The number of aliphatic hydroxyl groups is 1. The van der Waals surface area contributed by atoms with Gasteiger partial charge in [-0.05, 0) is 39.0 Å². The van der Waals surface area contributed by atoms with E-state index in [0.29, 0.717) is 30.2 Å². The van der Waals surface area contributed by atoms with Gasteiger partial charge in [-0.1, -0.05) is 13.8 Å². The molecule has 3 unspecified atom stereocenters. The number of hydrogen-bond acceptors (Lipinski definition) is 3. The van der Waals surface area contributed by atoms with Crippen LogP contribution in [0.1, 0.15) is 52.9 Å². The van der Waals surface area contributed by atoms with Crippen molar-refractivity contribution in [2.45, 2.75) is 71.1 Å². The lowest BCUT2D eigenvalue weighted by Gasteiger charge is -2.56. The highest BCUT2D eigenvalue weighted by molar-refractivity contribution is 5.07. The Labute approximate surface area is 106 Å². The number of aliphatic hydroxyl groups excluding tert-OH is 1. The van der Waals surface area contributed by atoms with Gasteiger partial charge in [0.1, 0.15) is 0 Å². The predicted octanol–water partition coefficient (Wildman–Crippen LogP) is 2.33. The molecule has 0 aromatic rings. The summed E-state index contributed by atoms with van der Waals surface area (Å²) in [5.74, 6) is 0. The van der Waals surface area contributed by atoms with E-state index in [4.69, 9.17) is 9.84 Å². The maximum Gasteiger partial charge on any atom is 0.0657 e. The summed E-state index contributed by atoms with van der Waals surface area (Å²) >= 11 is 0. The molecule has 0 heterocycles. The summed E-state index contributed by atoms with van der Waals surface area (Å²) in [7, 11) is 1.83. The van der Waals surface area contributed by atoms with Crippen molar-refractivity contribution in [2.24, 2.45) is 5.41 Å². The average molecular weight is 243 g/mol. The van der Waals surface area contributed by atoms with Crippen LogP contribution in [0.15, 0.2) is 0 Å². The predicted molar refractivity (Wildman–Crippen MR) is 71.1 cm³/mol. The van der Waals surface area contributed by atoms with E-state index in [1.54, 1.807) is 0 Å². The van der Waals surface area contributed by atoms with Gasteiger partial charge in [-0.3, -0.25) is 0 Å². The highest BCUT2D eigenvalue weighted by Crippen LogP contribution is 2.48. The summed E-state index contributed by atoms with van der Waals surface area (Å²) in [6.45, 7) is 7.04. The SMILES string of the molecule is CCC1(CC)C(NC(C)CCCO)CC1OC. The quantitative estimate of drug-likeness (QED) is 0.687. The molecule has 0 aromatic carbocycles. The Morgan fingerprint density at radius 3 is 2.53 bits per heavy atom. The van der Waals surface area contributed by atoms with E-state index in [2.05, 4.69) is 26.1 Å². The highest BCUT2D eigenvalue weighted by atomic mass is 16.5. The summed E-state index contributed by atoms with van der Waals surface area (Å²) in [5, 5.41) is 12.6. The summed E-state index contributed by atoms with van der Waals surface area (Å²) < 4.78 is 5.60. The summed E-state index contributed by atoms with van der Waals surface area (Å²) in [6, 6.07) is 1.07. The van der Waals surface area contributed by atoms with Crippen LogP contribution in [-0.4, -0.2) is 37.0 Å². The molecule has 0 bridgehead atoms. The molecule has 1 rings (SSSR count).